The highest BCUT2D eigenvalue weighted by Crippen LogP contribution is 2.03. The van der Waals surface area contributed by atoms with Crippen molar-refractivity contribution in [2.45, 2.75) is 39.0 Å². The molecule has 0 atom stereocenters. The van der Waals surface area contributed by atoms with E-state index in [-0.39, 0.29) is 0 Å². The van der Waals surface area contributed by atoms with Gasteiger partial charge in [-0.25, -0.2) is 4.99 Å². The summed E-state index contributed by atoms with van der Waals surface area (Å²) >= 11 is 0. The zero-order chi connectivity index (χ0) is 9.36. The predicted molar refractivity (Wildman–Crippen MR) is 50.8 cm³/mol. The van der Waals surface area contributed by atoms with Crippen LogP contribution >= 0.6 is 0 Å². The standard InChI is InChI=1S/C8H15N5/c1-2-3-4-5-6-7-9-8-10-12-13-11-8/h2-7H2,1H3. The first-order valence-corrected chi connectivity index (χ1v) is 4.79. The lowest BCUT2D eigenvalue weighted by molar-refractivity contribution is 0.638. The van der Waals surface area contributed by atoms with Gasteiger partial charge in [0.25, 0.3) is 5.96 Å². The molecule has 0 fully saturated rings. The van der Waals surface area contributed by atoms with Crippen molar-refractivity contribution in [2.75, 3.05) is 6.54 Å². The molecule has 0 aromatic heterocycles. The van der Waals surface area contributed by atoms with Crippen LogP contribution < -0.4 is 0 Å². The van der Waals surface area contributed by atoms with E-state index in [4.69, 9.17) is 0 Å². The molecule has 13 heavy (non-hydrogen) atoms. The van der Waals surface area contributed by atoms with E-state index in [1.54, 1.807) is 0 Å². The molecule has 1 heterocycles. The van der Waals surface area contributed by atoms with Crippen LogP contribution in [0, 0.1) is 0 Å². The van der Waals surface area contributed by atoms with Crippen molar-refractivity contribution in [3.8, 4) is 0 Å². The molecule has 72 valence electrons. The van der Waals surface area contributed by atoms with E-state index in [2.05, 4.69) is 32.6 Å². The monoisotopic (exact) mass is 181 g/mol. The van der Waals surface area contributed by atoms with Gasteiger partial charge in [-0.15, -0.1) is 0 Å². The summed E-state index contributed by atoms with van der Waals surface area (Å²) in [5.41, 5.74) is 0. The maximum atomic E-state index is 4.12. The van der Waals surface area contributed by atoms with Gasteiger partial charge in [-0.1, -0.05) is 42.8 Å². The van der Waals surface area contributed by atoms with Gasteiger partial charge in [0.1, 0.15) is 0 Å². The summed E-state index contributed by atoms with van der Waals surface area (Å²) in [6.07, 6.45) is 6.23. The molecular formula is C8H15N5. The molecule has 0 aliphatic carbocycles. The van der Waals surface area contributed by atoms with Crippen LogP contribution in [0.2, 0.25) is 0 Å². The Morgan fingerprint density at radius 2 is 1.69 bits per heavy atom. The molecule has 1 aliphatic heterocycles. The second-order valence-electron chi connectivity index (χ2n) is 2.97. The number of hydrogen-bond donors (Lipinski definition) is 0. The smallest absolute Gasteiger partial charge is 0.247 e. The SMILES string of the molecule is CCCCCCCN=C1N=NN=N1. The van der Waals surface area contributed by atoms with Crippen molar-refractivity contribution in [1.29, 1.82) is 0 Å². The van der Waals surface area contributed by atoms with Crippen molar-refractivity contribution in [2.24, 2.45) is 25.7 Å². The second kappa shape index (κ2) is 6.39. The molecule has 0 radical (unpaired) electrons. The van der Waals surface area contributed by atoms with Crippen LogP contribution in [0.1, 0.15) is 39.0 Å². The summed E-state index contributed by atoms with van der Waals surface area (Å²) in [6, 6.07) is 0. The largest absolute Gasteiger partial charge is 0.286 e. The van der Waals surface area contributed by atoms with Crippen molar-refractivity contribution < 1.29 is 0 Å². The molecule has 5 heteroatoms. The molecular weight excluding hydrogens is 166 g/mol. The summed E-state index contributed by atoms with van der Waals surface area (Å²) < 4.78 is 0. The third-order valence-electron chi connectivity index (χ3n) is 1.82. The van der Waals surface area contributed by atoms with Gasteiger partial charge < -0.3 is 0 Å². The topological polar surface area (TPSA) is 61.8 Å². The summed E-state index contributed by atoms with van der Waals surface area (Å²) in [6.45, 7) is 3.00. The molecule has 0 aromatic carbocycles. The summed E-state index contributed by atoms with van der Waals surface area (Å²) in [5.74, 6) is 0.412. The summed E-state index contributed by atoms with van der Waals surface area (Å²) in [7, 11) is 0. The van der Waals surface area contributed by atoms with Crippen LogP contribution in [0.4, 0.5) is 0 Å². The number of hydrogen-bond acceptors (Lipinski definition) is 3. The predicted octanol–water partition coefficient (Wildman–Crippen LogP) is 3.15. The Hall–Kier alpha value is -1.13. The molecule has 1 rings (SSSR count). The Bertz CT molecular complexity index is 205. The van der Waals surface area contributed by atoms with Gasteiger partial charge in [0.15, 0.2) is 0 Å². The van der Waals surface area contributed by atoms with Crippen LogP contribution in [0.3, 0.4) is 0 Å². The first-order chi connectivity index (χ1) is 6.43. The van der Waals surface area contributed by atoms with Gasteiger partial charge in [0.05, 0.1) is 0 Å². The number of aliphatic imine (C=N–C) groups is 1. The van der Waals surface area contributed by atoms with Gasteiger partial charge in [0.2, 0.25) is 0 Å². The minimum atomic E-state index is 0.412. The van der Waals surface area contributed by atoms with E-state index >= 15 is 0 Å². The fraction of sp³-hybridized carbons (Fsp3) is 0.875. The highest BCUT2D eigenvalue weighted by atomic mass is 15.6. The lowest BCUT2D eigenvalue weighted by Gasteiger charge is -1.95. The van der Waals surface area contributed by atoms with E-state index in [1.165, 1.54) is 25.7 Å². The zero-order valence-corrected chi connectivity index (χ0v) is 7.98. The number of rotatable bonds is 6. The molecule has 1 aliphatic rings. The average molecular weight is 181 g/mol. The molecule has 0 aromatic rings. The Morgan fingerprint density at radius 3 is 2.38 bits per heavy atom. The van der Waals surface area contributed by atoms with Gasteiger partial charge in [-0.3, -0.25) is 0 Å². The van der Waals surface area contributed by atoms with E-state index < -0.39 is 0 Å². The van der Waals surface area contributed by atoms with E-state index in [0.717, 1.165) is 13.0 Å². The van der Waals surface area contributed by atoms with E-state index in [9.17, 15) is 0 Å². The van der Waals surface area contributed by atoms with Crippen LogP contribution in [0.25, 0.3) is 0 Å². The highest BCUT2D eigenvalue weighted by Gasteiger charge is 1.97. The minimum absolute atomic E-state index is 0.412. The number of guanidine groups is 1. The number of unbranched alkanes of at least 4 members (excludes halogenated alkanes) is 4. The molecule has 0 unspecified atom stereocenters. The van der Waals surface area contributed by atoms with Crippen molar-refractivity contribution >= 4 is 5.96 Å². The fourth-order valence-corrected chi connectivity index (χ4v) is 1.10. The molecule has 0 spiro atoms. The maximum Gasteiger partial charge on any atom is 0.286 e. The average Bonchev–Trinajstić information content (AvgIpc) is 2.63. The van der Waals surface area contributed by atoms with Crippen LogP contribution in [-0.2, 0) is 0 Å². The summed E-state index contributed by atoms with van der Waals surface area (Å²) in [4.78, 5) is 4.12. The van der Waals surface area contributed by atoms with Crippen LogP contribution in [-0.4, -0.2) is 12.5 Å². The van der Waals surface area contributed by atoms with Gasteiger partial charge in [0, 0.05) is 6.54 Å². The molecule has 0 amide bonds. The van der Waals surface area contributed by atoms with E-state index in [1.807, 2.05) is 0 Å². The first-order valence-electron chi connectivity index (χ1n) is 4.79. The third kappa shape index (κ3) is 4.45. The second-order valence-corrected chi connectivity index (χ2v) is 2.97. The maximum absolute atomic E-state index is 4.12. The molecule has 0 saturated carbocycles. The van der Waals surface area contributed by atoms with Crippen LogP contribution in [0.5, 0.6) is 0 Å². The van der Waals surface area contributed by atoms with E-state index in [0.29, 0.717) is 5.96 Å². The normalized spacial score (nSPS) is 14.1. The van der Waals surface area contributed by atoms with Crippen molar-refractivity contribution in [3.05, 3.63) is 0 Å². The van der Waals surface area contributed by atoms with Crippen LogP contribution in [0.15, 0.2) is 25.7 Å². The zero-order valence-electron chi connectivity index (χ0n) is 7.98. The fourth-order valence-electron chi connectivity index (χ4n) is 1.10. The molecule has 0 N–H and O–H groups in total. The molecule has 0 bridgehead atoms. The highest BCUT2D eigenvalue weighted by molar-refractivity contribution is 5.81. The van der Waals surface area contributed by atoms with Crippen molar-refractivity contribution in [3.63, 3.8) is 0 Å². The van der Waals surface area contributed by atoms with Gasteiger partial charge in [-0.2, -0.15) is 0 Å². The van der Waals surface area contributed by atoms with Gasteiger partial charge in [-0.05, 0) is 16.9 Å². The Morgan fingerprint density at radius 1 is 1.00 bits per heavy atom. The number of nitrogens with zero attached hydrogens (tertiary/aromatic N) is 5. The Labute approximate surface area is 78.0 Å². The Kier molecular flexibility index (Phi) is 4.90. The van der Waals surface area contributed by atoms with Crippen molar-refractivity contribution in [1.82, 2.24) is 0 Å². The summed E-state index contributed by atoms with van der Waals surface area (Å²) in [5, 5.41) is 13.9. The minimum Gasteiger partial charge on any atom is -0.247 e. The first kappa shape index (κ1) is 9.95. The van der Waals surface area contributed by atoms with Gasteiger partial charge >= 0.3 is 0 Å². The molecule has 5 nitrogen and oxygen atoms in total. The Balaban J connectivity index is 1.97. The lowest BCUT2D eigenvalue weighted by atomic mass is 10.2. The third-order valence-corrected chi connectivity index (χ3v) is 1.82. The lowest BCUT2D eigenvalue weighted by Crippen LogP contribution is -1.88. The molecule has 0 saturated heterocycles. The quantitative estimate of drug-likeness (QED) is 0.565.